The molecule has 1 aliphatic carbocycles. The Morgan fingerprint density at radius 1 is 1.25 bits per heavy atom. The molecule has 4 heteroatoms. The summed E-state index contributed by atoms with van der Waals surface area (Å²) in [6.07, 6.45) is 8.24. The Morgan fingerprint density at radius 3 is 2.75 bits per heavy atom. The summed E-state index contributed by atoms with van der Waals surface area (Å²) >= 11 is 3.36. The van der Waals surface area contributed by atoms with Crippen LogP contribution >= 0.6 is 15.9 Å². The summed E-state index contributed by atoms with van der Waals surface area (Å²) in [6.45, 7) is 0.773. The predicted octanol–water partition coefficient (Wildman–Crippen LogP) is 3.83. The Kier molecular flexibility index (Phi) is 6.12. The molecule has 0 saturated heterocycles. The van der Waals surface area contributed by atoms with Crippen molar-refractivity contribution in [1.82, 2.24) is 5.32 Å². The highest BCUT2D eigenvalue weighted by molar-refractivity contribution is 9.10. The minimum Gasteiger partial charge on any atom is -0.484 e. The Balaban J connectivity index is 1.62. The van der Waals surface area contributed by atoms with Gasteiger partial charge in [0.25, 0.3) is 5.91 Å². The fourth-order valence-corrected chi connectivity index (χ4v) is 2.49. The zero-order valence-electron chi connectivity index (χ0n) is 11.5. The van der Waals surface area contributed by atoms with Gasteiger partial charge < -0.3 is 10.1 Å². The van der Waals surface area contributed by atoms with Crippen LogP contribution in [0.4, 0.5) is 0 Å². The van der Waals surface area contributed by atoms with Crippen molar-refractivity contribution in [2.24, 2.45) is 0 Å². The molecule has 1 aromatic carbocycles. The van der Waals surface area contributed by atoms with Gasteiger partial charge in [0.05, 0.1) is 0 Å². The molecule has 0 radical (unpaired) electrons. The molecule has 0 heterocycles. The zero-order chi connectivity index (χ0) is 14.2. The van der Waals surface area contributed by atoms with Crippen molar-refractivity contribution in [3.63, 3.8) is 0 Å². The quantitative estimate of drug-likeness (QED) is 0.801. The van der Waals surface area contributed by atoms with Crippen LogP contribution in [0.1, 0.15) is 32.1 Å². The first-order valence-electron chi connectivity index (χ1n) is 7.07. The fraction of sp³-hybridized carbons (Fsp3) is 0.438. The first-order chi connectivity index (χ1) is 9.74. The first kappa shape index (κ1) is 15.1. The summed E-state index contributed by atoms with van der Waals surface area (Å²) in [5.41, 5.74) is 1.48. The third-order valence-corrected chi connectivity index (χ3v) is 3.87. The van der Waals surface area contributed by atoms with Gasteiger partial charge in [-0.25, -0.2) is 0 Å². The van der Waals surface area contributed by atoms with Crippen molar-refractivity contribution < 1.29 is 9.53 Å². The van der Waals surface area contributed by atoms with Crippen molar-refractivity contribution in [3.8, 4) is 5.75 Å². The summed E-state index contributed by atoms with van der Waals surface area (Å²) in [7, 11) is 0. The van der Waals surface area contributed by atoms with Crippen molar-refractivity contribution in [3.05, 3.63) is 40.4 Å². The number of hydrogen-bond acceptors (Lipinski definition) is 2. The predicted molar refractivity (Wildman–Crippen MR) is 83.8 cm³/mol. The van der Waals surface area contributed by atoms with Crippen molar-refractivity contribution in [1.29, 1.82) is 0 Å². The molecule has 0 atom stereocenters. The highest BCUT2D eigenvalue weighted by Gasteiger charge is 2.05. The van der Waals surface area contributed by atoms with E-state index in [1.165, 1.54) is 31.3 Å². The van der Waals surface area contributed by atoms with E-state index >= 15 is 0 Å². The van der Waals surface area contributed by atoms with E-state index in [1.807, 2.05) is 24.3 Å². The number of halogens is 1. The summed E-state index contributed by atoms with van der Waals surface area (Å²) < 4.78 is 6.41. The van der Waals surface area contributed by atoms with Crippen LogP contribution in [0.2, 0.25) is 0 Å². The standard InChI is InChI=1S/C16H20BrNO2/c17-14-6-8-15(9-7-14)20-12-16(19)18-11-10-13-4-2-1-3-5-13/h4,6-9H,1-3,5,10-12H2,(H,18,19). The van der Waals surface area contributed by atoms with Gasteiger partial charge in [-0.3, -0.25) is 4.79 Å². The van der Waals surface area contributed by atoms with E-state index in [-0.39, 0.29) is 12.5 Å². The molecular formula is C16H20BrNO2. The second-order valence-electron chi connectivity index (χ2n) is 4.95. The molecule has 20 heavy (non-hydrogen) atoms. The largest absolute Gasteiger partial charge is 0.484 e. The number of benzene rings is 1. The maximum Gasteiger partial charge on any atom is 0.257 e. The molecule has 0 saturated carbocycles. The third kappa shape index (κ3) is 5.37. The second-order valence-corrected chi connectivity index (χ2v) is 5.87. The molecular weight excluding hydrogens is 318 g/mol. The maximum atomic E-state index is 11.7. The molecule has 0 spiro atoms. The Bertz CT molecular complexity index is 468. The lowest BCUT2D eigenvalue weighted by molar-refractivity contribution is -0.123. The minimum absolute atomic E-state index is 0.0654. The van der Waals surface area contributed by atoms with Gasteiger partial charge in [0, 0.05) is 11.0 Å². The van der Waals surface area contributed by atoms with Crippen LogP contribution in [0.3, 0.4) is 0 Å². The average molecular weight is 338 g/mol. The lowest BCUT2D eigenvalue weighted by Gasteiger charge is -2.13. The summed E-state index contributed by atoms with van der Waals surface area (Å²) in [4.78, 5) is 11.7. The van der Waals surface area contributed by atoms with Crippen LogP contribution in [0.15, 0.2) is 40.4 Å². The normalized spacial score (nSPS) is 14.6. The Labute approximate surface area is 128 Å². The molecule has 0 bridgehead atoms. The molecule has 3 nitrogen and oxygen atoms in total. The molecule has 1 aliphatic rings. The topological polar surface area (TPSA) is 38.3 Å². The lowest BCUT2D eigenvalue weighted by atomic mass is 9.97. The van der Waals surface area contributed by atoms with E-state index in [1.54, 1.807) is 0 Å². The number of ether oxygens (including phenoxy) is 1. The highest BCUT2D eigenvalue weighted by Crippen LogP contribution is 2.19. The molecule has 0 aliphatic heterocycles. The van der Waals surface area contributed by atoms with Crippen LogP contribution in [-0.4, -0.2) is 19.1 Å². The van der Waals surface area contributed by atoms with Crippen LogP contribution in [0.25, 0.3) is 0 Å². The summed E-state index contributed by atoms with van der Waals surface area (Å²) in [5.74, 6) is 0.641. The maximum absolute atomic E-state index is 11.7. The molecule has 0 fully saturated rings. The first-order valence-corrected chi connectivity index (χ1v) is 7.86. The van der Waals surface area contributed by atoms with Gasteiger partial charge in [0.2, 0.25) is 0 Å². The number of amides is 1. The average Bonchev–Trinajstić information content (AvgIpc) is 2.48. The Morgan fingerprint density at radius 2 is 2.05 bits per heavy atom. The van der Waals surface area contributed by atoms with E-state index in [9.17, 15) is 4.79 Å². The van der Waals surface area contributed by atoms with Gasteiger partial charge in [-0.1, -0.05) is 27.6 Å². The molecule has 0 unspecified atom stereocenters. The van der Waals surface area contributed by atoms with Gasteiger partial charge in [0.15, 0.2) is 6.61 Å². The molecule has 1 N–H and O–H groups in total. The Hall–Kier alpha value is -1.29. The van der Waals surface area contributed by atoms with E-state index in [4.69, 9.17) is 4.74 Å². The highest BCUT2D eigenvalue weighted by atomic mass is 79.9. The molecule has 1 aromatic rings. The second kappa shape index (κ2) is 8.10. The number of rotatable bonds is 6. The molecule has 0 aromatic heterocycles. The van der Waals surface area contributed by atoms with E-state index in [2.05, 4.69) is 27.3 Å². The lowest BCUT2D eigenvalue weighted by Crippen LogP contribution is -2.29. The number of carbonyl (C=O) groups excluding carboxylic acids is 1. The van der Waals surface area contributed by atoms with Crippen LogP contribution in [0, 0.1) is 0 Å². The molecule has 1 amide bonds. The smallest absolute Gasteiger partial charge is 0.257 e. The van der Waals surface area contributed by atoms with Gasteiger partial charge >= 0.3 is 0 Å². The van der Waals surface area contributed by atoms with Crippen LogP contribution in [-0.2, 0) is 4.79 Å². The van der Waals surface area contributed by atoms with Gasteiger partial charge in [0.1, 0.15) is 5.75 Å². The number of carbonyl (C=O) groups is 1. The van der Waals surface area contributed by atoms with Gasteiger partial charge in [-0.15, -0.1) is 0 Å². The zero-order valence-corrected chi connectivity index (χ0v) is 13.1. The van der Waals surface area contributed by atoms with Crippen molar-refractivity contribution >= 4 is 21.8 Å². The summed E-state index contributed by atoms with van der Waals surface area (Å²) in [5, 5.41) is 2.90. The van der Waals surface area contributed by atoms with Crippen LogP contribution < -0.4 is 10.1 Å². The van der Waals surface area contributed by atoms with Gasteiger partial charge in [-0.05, 0) is 56.4 Å². The van der Waals surface area contributed by atoms with Gasteiger partial charge in [-0.2, -0.15) is 0 Å². The van der Waals surface area contributed by atoms with E-state index < -0.39 is 0 Å². The fourth-order valence-electron chi connectivity index (χ4n) is 2.22. The van der Waals surface area contributed by atoms with Crippen molar-refractivity contribution in [2.75, 3.05) is 13.2 Å². The van der Waals surface area contributed by atoms with E-state index in [0.717, 1.165) is 10.9 Å². The van der Waals surface area contributed by atoms with Crippen molar-refractivity contribution in [2.45, 2.75) is 32.1 Å². The van der Waals surface area contributed by atoms with E-state index in [0.29, 0.717) is 12.3 Å². The number of hydrogen-bond donors (Lipinski definition) is 1. The SMILES string of the molecule is O=C(COc1ccc(Br)cc1)NCCC1=CCCCC1. The monoisotopic (exact) mass is 337 g/mol. The minimum atomic E-state index is -0.0654. The molecule has 2 rings (SSSR count). The number of allylic oxidation sites excluding steroid dienone is 1. The third-order valence-electron chi connectivity index (χ3n) is 3.34. The van der Waals surface area contributed by atoms with Crippen LogP contribution in [0.5, 0.6) is 5.75 Å². The number of nitrogens with one attached hydrogen (secondary N) is 1. The molecule has 108 valence electrons. The summed E-state index contributed by atoms with van der Waals surface area (Å²) in [6, 6.07) is 7.46.